The molecular weight excluding hydrogens is 238 g/mol. The molecule has 0 aliphatic carbocycles. The summed E-state index contributed by atoms with van der Waals surface area (Å²) in [6, 6.07) is 2.03. The van der Waals surface area contributed by atoms with Crippen LogP contribution in [0, 0.1) is 12.8 Å². The van der Waals surface area contributed by atoms with Crippen LogP contribution in [0.5, 0.6) is 0 Å². The Bertz CT molecular complexity index is 311. The molecular formula is C12H16BrN. The molecule has 0 spiro atoms. The van der Waals surface area contributed by atoms with Crippen LogP contribution in [0.15, 0.2) is 22.9 Å². The van der Waals surface area contributed by atoms with Gasteiger partial charge in [-0.2, -0.15) is 0 Å². The van der Waals surface area contributed by atoms with E-state index in [1.807, 2.05) is 12.3 Å². The first kappa shape index (κ1) is 11.4. The van der Waals surface area contributed by atoms with Crippen LogP contribution >= 0.6 is 15.9 Å². The molecule has 14 heavy (non-hydrogen) atoms. The molecule has 1 heterocycles. The minimum Gasteiger partial charge on any atom is -0.249 e. The zero-order valence-corrected chi connectivity index (χ0v) is 10.5. The number of halogens is 1. The van der Waals surface area contributed by atoms with Crippen molar-refractivity contribution in [3.05, 3.63) is 34.1 Å². The highest BCUT2D eigenvalue weighted by Crippen LogP contribution is 2.19. The lowest BCUT2D eigenvalue weighted by Gasteiger charge is -2.04. The molecule has 0 aliphatic rings. The number of aryl methyl sites for hydroxylation is 1. The lowest BCUT2D eigenvalue weighted by Crippen LogP contribution is -1.88. The van der Waals surface area contributed by atoms with Crippen LogP contribution in [0.2, 0.25) is 0 Å². The molecule has 0 saturated carbocycles. The zero-order valence-electron chi connectivity index (χ0n) is 8.92. The van der Waals surface area contributed by atoms with Gasteiger partial charge in [-0.3, -0.25) is 0 Å². The number of aromatic nitrogens is 1. The number of allylic oxidation sites excluding steroid dienone is 1. The Morgan fingerprint density at radius 3 is 2.86 bits per heavy atom. The van der Waals surface area contributed by atoms with E-state index in [0.717, 1.165) is 4.60 Å². The minimum absolute atomic E-state index is 0.626. The lowest BCUT2D eigenvalue weighted by molar-refractivity contribution is 0.701. The van der Waals surface area contributed by atoms with Gasteiger partial charge in [-0.05, 0) is 40.4 Å². The highest BCUT2D eigenvalue weighted by molar-refractivity contribution is 9.10. The Morgan fingerprint density at radius 1 is 1.57 bits per heavy atom. The van der Waals surface area contributed by atoms with Crippen molar-refractivity contribution in [2.24, 2.45) is 5.92 Å². The van der Waals surface area contributed by atoms with Gasteiger partial charge in [0.1, 0.15) is 4.60 Å². The van der Waals surface area contributed by atoms with E-state index in [-0.39, 0.29) is 0 Å². The molecule has 0 bridgehead atoms. The second kappa shape index (κ2) is 5.30. The summed E-state index contributed by atoms with van der Waals surface area (Å²) in [7, 11) is 0. The first-order valence-corrected chi connectivity index (χ1v) is 5.73. The highest BCUT2D eigenvalue weighted by atomic mass is 79.9. The summed E-state index contributed by atoms with van der Waals surface area (Å²) < 4.78 is 0.928. The van der Waals surface area contributed by atoms with Crippen LogP contribution in [0.1, 0.15) is 31.4 Å². The van der Waals surface area contributed by atoms with Crippen molar-refractivity contribution in [2.45, 2.75) is 27.2 Å². The molecule has 1 rings (SSSR count). The van der Waals surface area contributed by atoms with E-state index in [2.05, 4.69) is 53.8 Å². The van der Waals surface area contributed by atoms with Crippen LogP contribution in [-0.4, -0.2) is 4.98 Å². The molecule has 0 aliphatic heterocycles. The summed E-state index contributed by atoms with van der Waals surface area (Å²) in [4.78, 5) is 4.21. The van der Waals surface area contributed by atoms with E-state index in [9.17, 15) is 0 Å². The fourth-order valence-electron chi connectivity index (χ4n) is 1.13. The largest absolute Gasteiger partial charge is 0.249 e. The van der Waals surface area contributed by atoms with Crippen molar-refractivity contribution < 1.29 is 0 Å². The van der Waals surface area contributed by atoms with Crippen LogP contribution in [0.3, 0.4) is 0 Å². The Kier molecular flexibility index (Phi) is 4.33. The summed E-state index contributed by atoms with van der Waals surface area (Å²) in [5.41, 5.74) is 2.44. The number of nitrogens with zero attached hydrogens (tertiary/aromatic N) is 1. The number of hydrogen-bond acceptors (Lipinski definition) is 1. The topological polar surface area (TPSA) is 12.9 Å². The molecule has 1 nitrogen and oxygen atoms in total. The fourth-order valence-corrected chi connectivity index (χ4v) is 1.70. The van der Waals surface area contributed by atoms with Crippen LogP contribution < -0.4 is 0 Å². The van der Waals surface area contributed by atoms with Gasteiger partial charge < -0.3 is 0 Å². The monoisotopic (exact) mass is 253 g/mol. The molecule has 0 fully saturated rings. The van der Waals surface area contributed by atoms with E-state index < -0.39 is 0 Å². The first-order valence-electron chi connectivity index (χ1n) is 4.94. The molecule has 2 heteroatoms. The third kappa shape index (κ3) is 2.95. The van der Waals surface area contributed by atoms with Crippen molar-refractivity contribution in [1.29, 1.82) is 0 Å². The Labute approximate surface area is 94.4 Å². The number of pyridine rings is 1. The average molecular weight is 254 g/mol. The van der Waals surface area contributed by atoms with Crippen molar-refractivity contribution >= 4 is 22.0 Å². The third-order valence-corrected chi connectivity index (χ3v) is 3.03. The van der Waals surface area contributed by atoms with Gasteiger partial charge in [0.05, 0.1) is 0 Å². The van der Waals surface area contributed by atoms with Gasteiger partial charge in [0.25, 0.3) is 0 Å². The zero-order chi connectivity index (χ0) is 10.6. The summed E-state index contributed by atoms with van der Waals surface area (Å²) in [6.45, 7) is 6.51. The maximum Gasteiger partial charge on any atom is 0.113 e. The van der Waals surface area contributed by atoms with Gasteiger partial charge >= 0.3 is 0 Å². The molecule has 76 valence electrons. The second-order valence-electron chi connectivity index (χ2n) is 3.58. The summed E-state index contributed by atoms with van der Waals surface area (Å²) >= 11 is 3.46. The molecule has 1 atom stereocenters. The lowest BCUT2D eigenvalue weighted by atomic mass is 10.1. The van der Waals surface area contributed by atoms with Crippen molar-refractivity contribution in [2.75, 3.05) is 0 Å². The normalized spacial score (nSPS) is 13.4. The molecule has 1 aromatic rings. The van der Waals surface area contributed by atoms with E-state index in [0.29, 0.717) is 5.92 Å². The van der Waals surface area contributed by atoms with E-state index in [1.54, 1.807) is 0 Å². The smallest absolute Gasteiger partial charge is 0.113 e. The second-order valence-corrected chi connectivity index (χ2v) is 4.33. The highest BCUT2D eigenvalue weighted by Gasteiger charge is 2.00. The molecule has 0 saturated heterocycles. The summed E-state index contributed by atoms with van der Waals surface area (Å²) in [5.74, 6) is 0.626. The first-order chi connectivity index (χ1) is 6.65. The van der Waals surface area contributed by atoms with Crippen molar-refractivity contribution in [3.63, 3.8) is 0 Å². The molecule has 0 aromatic carbocycles. The predicted molar refractivity (Wildman–Crippen MR) is 65.2 cm³/mol. The van der Waals surface area contributed by atoms with Gasteiger partial charge in [-0.15, -0.1) is 0 Å². The fraction of sp³-hybridized carbons (Fsp3) is 0.417. The van der Waals surface area contributed by atoms with Gasteiger partial charge in [-0.1, -0.05) is 32.4 Å². The van der Waals surface area contributed by atoms with E-state index >= 15 is 0 Å². The maximum atomic E-state index is 4.21. The standard InChI is InChI=1S/C12H16BrN/c1-4-9(2)5-6-11-10(3)7-8-14-12(11)13/h5-9H,4H2,1-3H3/b6-5-. The van der Waals surface area contributed by atoms with Crippen molar-refractivity contribution in [3.8, 4) is 0 Å². The Balaban J connectivity index is 2.91. The van der Waals surface area contributed by atoms with E-state index in [1.165, 1.54) is 17.5 Å². The predicted octanol–water partition coefficient (Wildman–Crippen LogP) is 4.21. The van der Waals surface area contributed by atoms with Gasteiger partial charge in [0, 0.05) is 11.8 Å². The average Bonchev–Trinajstić information content (AvgIpc) is 2.16. The quantitative estimate of drug-likeness (QED) is 0.736. The van der Waals surface area contributed by atoms with Gasteiger partial charge in [0.2, 0.25) is 0 Å². The maximum absolute atomic E-state index is 4.21. The molecule has 0 amide bonds. The summed E-state index contributed by atoms with van der Waals surface area (Å²) in [5, 5.41) is 0. The van der Waals surface area contributed by atoms with Crippen LogP contribution in [-0.2, 0) is 0 Å². The molecule has 1 unspecified atom stereocenters. The molecule has 0 N–H and O–H groups in total. The van der Waals surface area contributed by atoms with Crippen LogP contribution in [0.4, 0.5) is 0 Å². The van der Waals surface area contributed by atoms with Crippen molar-refractivity contribution in [1.82, 2.24) is 4.98 Å². The number of rotatable bonds is 3. The molecule has 1 aromatic heterocycles. The Hall–Kier alpha value is -0.630. The van der Waals surface area contributed by atoms with Crippen LogP contribution in [0.25, 0.3) is 6.08 Å². The van der Waals surface area contributed by atoms with Gasteiger partial charge in [0.15, 0.2) is 0 Å². The SMILES string of the molecule is CCC(C)/C=C\c1c(C)ccnc1Br. The third-order valence-electron chi connectivity index (χ3n) is 2.39. The summed E-state index contributed by atoms with van der Waals surface area (Å²) in [6.07, 6.45) is 7.38. The minimum atomic E-state index is 0.626. The molecule has 0 radical (unpaired) electrons. The Morgan fingerprint density at radius 2 is 2.29 bits per heavy atom. The number of hydrogen-bond donors (Lipinski definition) is 0. The van der Waals surface area contributed by atoms with E-state index in [4.69, 9.17) is 0 Å². The van der Waals surface area contributed by atoms with Gasteiger partial charge in [-0.25, -0.2) is 4.98 Å².